The van der Waals surface area contributed by atoms with E-state index >= 15 is 0 Å². The van der Waals surface area contributed by atoms with Gasteiger partial charge in [-0.25, -0.2) is 0 Å². The van der Waals surface area contributed by atoms with Crippen LogP contribution in [0.25, 0.3) is 0 Å². The van der Waals surface area contributed by atoms with Gasteiger partial charge in [0.15, 0.2) is 0 Å². The Morgan fingerprint density at radius 3 is 2.57 bits per heavy atom. The minimum atomic E-state index is -0.0700. The number of anilines is 1. The molecular weight excluding hydrogens is 280 g/mol. The minimum Gasteiger partial charge on any atom is -0.398 e. The van der Waals surface area contributed by atoms with Crippen LogP contribution in [0, 0.1) is 13.8 Å². The summed E-state index contributed by atoms with van der Waals surface area (Å²) in [6, 6.07) is 11.7. The molecule has 0 unspecified atom stereocenters. The SMILES string of the molecule is CCNC(=O)c1ccc(N)c(Sc2ccc(C)c(C)c2)c1. The fourth-order valence-corrected chi connectivity index (χ4v) is 2.93. The number of amides is 1. The summed E-state index contributed by atoms with van der Waals surface area (Å²) in [6.07, 6.45) is 0. The molecule has 0 heterocycles. The number of nitrogens with one attached hydrogen (secondary N) is 1. The first-order valence-electron chi connectivity index (χ1n) is 6.94. The van der Waals surface area contributed by atoms with Gasteiger partial charge in [-0.1, -0.05) is 17.8 Å². The van der Waals surface area contributed by atoms with Crippen molar-refractivity contribution in [3.05, 3.63) is 53.1 Å². The number of carbonyl (C=O) groups is 1. The molecule has 2 aromatic carbocycles. The van der Waals surface area contributed by atoms with Crippen LogP contribution in [-0.4, -0.2) is 12.5 Å². The molecule has 4 heteroatoms. The zero-order valence-electron chi connectivity index (χ0n) is 12.6. The molecule has 21 heavy (non-hydrogen) atoms. The lowest BCUT2D eigenvalue weighted by atomic mass is 10.1. The second-order valence-corrected chi connectivity index (χ2v) is 6.08. The normalized spacial score (nSPS) is 10.4. The van der Waals surface area contributed by atoms with Crippen LogP contribution in [0.2, 0.25) is 0 Å². The van der Waals surface area contributed by atoms with Crippen LogP contribution in [-0.2, 0) is 0 Å². The molecule has 0 aliphatic carbocycles. The molecule has 0 aliphatic heterocycles. The van der Waals surface area contributed by atoms with Gasteiger partial charge in [0.1, 0.15) is 0 Å². The lowest BCUT2D eigenvalue weighted by Crippen LogP contribution is -2.22. The number of hydrogen-bond acceptors (Lipinski definition) is 3. The van der Waals surface area contributed by atoms with Gasteiger partial charge in [-0.15, -0.1) is 0 Å². The number of benzene rings is 2. The summed E-state index contributed by atoms with van der Waals surface area (Å²) >= 11 is 1.58. The maximum Gasteiger partial charge on any atom is 0.251 e. The average molecular weight is 300 g/mol. The van der Waals surface area contributed by atoms with Crippen molar-refractivity contribution in [3.63, 3.8) is 0 Å². The fourth-order valence-electron chi connectivity index (χ4n) is 1.93. The van der Waals surface area contributed by atoms with Crippen molar-refractivity contribution < 1.29 is 4.79 Å². The highest BCUT2D eigenvalue weighted by Crippen LogP contribution is 2.33. The van der Waals surface area contributed by atoms with E-state index in [0.29, 0.717) is 17.8 Å². The molecule has 3 nitrogen and oxygen atoms in total. The zero-order chi connectivity index (χ0) is 15.4. The van der Waals surface area contributed by atoms with Gasteiger partial charge in [0.25, 0.3) is 5.91 Å². The number of aryl methyl sites for hydroxylation is 2. The molecule has 0 aromatic heterocycles. The molecule has 0 fully saturated rings. The number of rotatable bonds is 4. The highest BCUT2D eigenvalue weighted by Gasteiger charge is 2.09. The highest BCUT2D eigenvalue weighted by atomic mass is 32.2. The molecule has 0 atom stereocenters. The van der Waals surface area contributed by atoms with Crippen molar-refractivity contribution >= 4 is 23.4 Å². The first-order valence-corrected chi connectivity index (χ1v) is 7.75. The van der Waals surface area contributed by atoms with Crippen molar-refractivity contribution in [2.75, 3.05) is 12.3 Å². The Labute approximate surface area is 129 Å². The molecule has 0 aliphatic rings. The van der Waals surface area contributed by atoms with Crippen LogP contribution in [0.3, 0.4) is 0 Å². The Kier molecular flexibility index (Phi) is 4.91. The van der Waals surface area contributed by atoms with Crippen LogP contribution in [0.1, 0.15) is 28.4 Å². The van der Waals surface area contributed by atoms with E-state index < -0.39 is 0 Å². The topological polar surface area (TPSA) is 55.1 Å². The maximum absolute atomic E-state index is 11.9. The zero-order valence-corrected chi connectivity index (χ0v) is 13.4. The molecule has 0 saturated carbocycles. The van der Waals surface area contributed by atoms with E-state index in [1.54, 1.807) is 23.9 Å². The third-order valence-electron chi connectivity index (χ3n) is 3.32. The van der Waals surface area contributed by atoms with E-state index in [1.807, 2.05) is 13.0 Å². The van der Waals surface area contributed by atoms with Crippen LogP contribution >= 0.6 is 11.8 Å². The number of hydrogen-bond donors (Lipinski definition) is 2. The lowest BCUT2D eigenvalue weighted by molar-refractivity contribution is 0.0955. The summed E-state index contributed by atoms with van der Waals surface area (Å²) in [5.41, 5.74) is 9.87. The van der Waals surface area contributed by atoms with E-state index in [9.17, 15) is 4.79 Å². The highest BCUT2D eigenvalue weighted by molar-refractivity contribution is 7.99. The molecule has 0 saturated heterocycles. The fraction of sp³-hybridized carbons (Fsp3) is 0.235. The van der Waals surface area contributed by atoms with Crippen molar-refractivity contribution in [1.29, 1.82) is 0 Å². The Balaban J connectivity index is 2.28. The molecular formula is C17H20N2OS. The Hall–Kier alpha value is -1.94. The van der Waals surface area contributed by atoms with E-state index in [0.717, 1.165) is 9.79 Å². The van der Waals surface area contributed by atoms with Crippen LogP contribution in [0.5, 0.6) is 0 Å². The smallest absolute Gasteiger partial charge is 0.251 e. The monoisotopic (exact) mass is 300 g/mol. The van der Waals surface area contributed by atoms with Gasteiger partial charge in [0.05, 0.1) is 0 Å². The molecule has 2 rings (SSSR count). The summed E-state index contributed by atoms with van der Waals surface area (Å²) in [5.74, 6) is -0.0700. The van der Waals surface area contributed by atoms with Crippen LogP contribution in [0.15, 0.2) is 46.2 Å². The Bertz CT molecular complexity index is 668. The summed E-state index contributed by atoms with van der Waals surface area (Å²) in [7, 11) is 0. The van der Waals surface area contributed by atoms with Crippen molar-refractivity contribution in [1.82, 2.24) is 5.32 Å². The minimum absolute atomic E-state index is 0.0700. The summed E-state index contributed by atoms with van der Waals surface area (Å²) in [6.45, 7) is 6.70. The van der Waals surface area contributed by atoms with Crippen molar-refractivity contribution in [3.8, 4) is 0 Å². The molecule has 2 aromatic rings. The van der Waals surface area contributed by atoms with Gasteiger partial charge in [0.2, 0.25) is 0 Å². The van der Waals surface area contributed by atoms with Gasteiger partial charge in [-0.3, -0.25) is 4.79 Å². The second kappa shape index (κ2) is 6.68. The van der Waals surface area contributed by atoms with Gasteiger partial charge < -0.3 is 11.1 Å². The van der Waals surface area contributed by atoms with Crippen LogP contribution in [0.4, 0.5) is 5.69 Å². The van der Waals surface area contributed by atoms with Gasteiger partial charge in [0, 0.05) is 27.6 Å². The van der Waals surface area contributed by atoms with Gasteiger partial charge in [-0.05, 0) is 62.2 Å². The third-order valence-corrected chi connectivity index (χ3v) is 4.38. The Morgan fingerprint density at radius 1 is 1.14 bits per heavy atom. The van der Waals surface area contributed by atoms with E-state index in [1.165, 1.54) is 11.1 Å². The average Bonchev–Trinajstić information content (AvgIpc) is 2.45. The number of nitrogens with two attached hydrogens (primary N) is 1. The van der Waals surface area contributed by atoms with Crippen molar-refractivity contribution in [2.45, 2.75) is 30.6 Å². The summed E-state index contributed by atoms with van der Waals surface area (Å²) in [5, 5.41) is 2.80. The first kappa shape index (κ1) is 15.4. The largest absolute Gasteiger partial charge is 0.398 e. The van der Waals surface area contributed by atoms with Gasteiger partial charge >= 0.3 is 0 Å². The summed E-state index contributed by atoms with van der Waals surface area (Å²) < 4.78 is 0. The molecule has 0 radical (unpaired) electrons. The molecule has 0 spiro atoms. The number of carbonyl (C=O) groups excluding carboxylic acids is 1. The van der Waals surface area contributed by atoms with E-state index in [-0.39, 0.29) is 5.91 Å². The first-order chi connectivity index (χ1) is 10.0. The van der Waals surface area contributed by atoms with Crippen molar-refractivity contribution in [2.24, 2.45) is 0 Å². The third kappa shape index (κ3) is 3.79. The predicted octanol–water partition coefficient (Wildman–Crippen LogP) is 3.79. The van der Waals surface area contributed by atoms with E-state index in [4.69, 9.17) is 5.73 Å². The number of nitrogen functional groups attached to an aromatic ring is 1. The second-order valence-electron chi connectivity index (χ2n) is 4.96. The van der Waals surface area contributed by atoms with E-state index in [2.05, 4.69) is 37.4 Å². The maximum atomic E-state index is 11.9. The molecule has 3 N–H and O–H groups in total. The molecule has 1 amide bonds. The van der Waals surface area contributed by atoms with Gasteiger partial charge in [-0.2, -0.15) is 0 Å². The lowest BCUT2D eigenvalue weighted by Gasteiger charge is -2.10. The standard InChI is InChI=1S/C17H20N2OS/c1-4-19-17(20)13-6-8-15(18)16(10-13)21-14-7-5-11(2)12(3)9-14/h5-10H,4,18H2,1-3H3,(H,19,20). The molecule has 0 bridgehead atoms. The summed E-state index contributed by atoms with van der Waals surface area (Å²) in [4.78, 5) is 13.9. The van der Waals surface area contributed by atoms with Crippen LogP contribution < -0.4 is 11.1 Å². The Morgan fingerprint density at radius 2 is 1.90 bits per heavy atom. The predicted molar refractivity (Wildman–Crippen MR) is 88.9 cm³/mol. The quantitative estimate of drug-likeness (QED) is 0.845. The molecule has 110 valence electrons.